The minimum atomic E-state index is -0.754. The molecule has 3 N–H and O–H groups in total. The molecular weight excluding hydrogens is 209 g/mol. The second kappa shape index (κ2) is 5.82. The molecule has 0 amide bonds. The van der Waals surface area contributed by atoms with E-state index in [1.807, 2.05) is 6.92 Å². The number of nitrogens with two attached hydrogens (primary N) is 1. The highest BCUT2D eigenvalue weighted by Crippen LogP contribution is 2.29. The summed E-state index contributed by atoms with van der Waals surface area (Å²) in [6.45, 7) is 1.94. The van der Waals surface area contributed by atoms with E-state index in [-0.39, 0.29) is 5.56 Å². The van der Waals surface area contributed by atoms with Gasteiger partial charge in [-0.25, -0.2) is 4.39 Å². The zero-order valence-electron chi connectivity index (χ0n) is 9.61. The predicted molar refractivity (Wildman–Crippen MR) is 60.8 cm³/mol. The highest BCUT2D eigenvalue weighted by Gasteiger charge is 2.22. The van der Waals surface area contributed by atoms with Crippen LogP contribution in [0.25, 0.3) is 0 Å². The van der Waals surface area contributed by atoms with Gasteiger partial charge >= 0.3 is 0 Å². The molecule has 1 aromatic carbocycles. The van der Waals surface area contributed by atoms with Crippen molar-refractivity contribution in [1.29, 1.82) is 0 Å². The lowest BCUT2D eigenvalue weighted by Gasteiger charge is -2.21. The maximum atomic E-state index is 13.6. The lowest BCUT2D eigenvalue weighted by atomic mass is 9.98. The van der Waals surface area contributed by atoms with E-state index in [9.17, 15) is 9.50 Å². The van der Waals surface area contributed by atoms with Gasteiger partial charge in [0, 0.05) is 5.56 Å². The Hall–Kier alpha value is -1.13. The molecule has 4 heteroatoms. The minimum absolute atomic E-state index is 0.242. The van der Waals surface area contributed by atoms with Gasteiger partial charge in [0.15, 0.2) is 0 Å². The number of rotatable bonds is 5. The Morgan fingerprint density at radius 2 is 2.19 bits per heavy atom. The third-order valence-corrected chi connectivity index (χ3v) is 2.57. The first-order chi connectivity index (χ1) is 7.61. The van der Waals surface area contributed by atoms with Crippen molar-refractivity contribution in [2.75, 3.05) is 7.11 Å². The predicted octanol–water partition coefficient (Wildman–Crippen LogP) is 2.00. The molecule has 3 nitrogen and oxygen atoms in total. The van der Waals surface area contributed by atoms with Crippen LogP contribution in [0.4, 0.5) is 4.39 Å². The van der Waals surface area contributed by atoms with Crippen LogP contribution in [-0.2, 0) is 0 Å². The summed E-state index contributed by atoms with van der Waals surface area (Å²) in [6.07, 6.45) is 0.584. The van der Waals surface area contributed by atoms with Crippen molar-refractivity contribution in [3.8, 4) is 5.75 Å². The molecule has 0 saturated carbocycles. The van der Waals surface area contributed by atoms with Crippen LogP contribution in [0.3, 0.4) is 0 Å². The van der Waals surface area contributed by atoms with Crippen molar-refractivity contribution in [1.82, 2.24) is 0 Å². The van der Waals surface area contributed by atoms with Gasteiger partial charge in [-0.1, -0.05) is 19.4 Å². The van der Waals surface area contributed by atoms with E-state index >= 15 is 0 Å². The minimum Gasteiger partial charge on any atom is -0.496 e. The molecule has 0 aromatic heterocycles. The number of hydrogen-bond donors (Lipinski definition) is 2. The van der Waals surface area contributed by atoms with Crippen LogP contribution in [0.15, 0.2) is 18.2 Å². The lowest BCUT2D eigenvalue weighted by Crippen LogP contribution is -2.27. The van der Waals surface area contributed by atoms with Crippen molar-refractivity contribution in [3.63, 3.8) is 0 Å². The first-order valence-electron chi connectivity index (χ1n) is 5.37. The molecule has 0 saturated heterocycles. The average Bonchev–Trinajstić information content (AvgIpc) is 2.28. The van der Waals surface area contributed by atoms with Crippen molar-refractivity contribution in [2.24, 2.45) is 5.73 Å². The fourth-order valence-electron chi connectivity index (χ4n) is 1.69. The van der Waals surface area contributed by atoms with Crippen molar-refractivity contribution in [3.05, 3.63) is 29.6 Å². The number of ether oxygens (including phenoxy) is 1. The maximum Gasteiger partial charge on any atom is 0.131 e. The van der Waals surface area contributed by atoms with Crippen molar-refractivity contribution in [2.45, 2.75) is 31.9 Å². The van der Waals surface area contributed by atoms with Crippen LogP contribution < -0.4 is 10.5 Å². The normalized spacial score (nSPS) is 14.6. The average molecular weight is 227 g/mol. The summed E-state index contributed by atoms with van der Waals surface area (Å²) in [4.78, 5) is 0. The summed E-state index contributed by atoms with van der Waals surface area (Å²) in [5, 5.41) is 9.77. The van der Waals surface area contributed by atoms with Crippen LogP contribution in [0.1, 0.15) is 31.4 Å². The molecular formula is C12H18FNO2. The molecule has 0 spiro atoms. The van der Waals surface area contributed by atoms with E-state index < -0.39 is 18.0 Å². The fourth-order valence-corrected chi connectivity index (χ4v) is 1.69. The molecule has 0 aliphatic heterocycles. The lowest BCUT2D eigenvalue weighted by molar-refractivity contribution is 0.131. The Kier molecular flexibility index (Phi) is 4.71. The summed E-state index contributed by atoms with van der Waals surface area (Å²) in [7, 11) is 1.46. The van der Waals surface area contributed by atoms with Gasteiger partial charge in [0.25, 0.3) is 0 Å². The number of hydrogen-bond acceptors (Lipinski definition) is 3. The van der Waals surface area contributed by atoms with Gasteiger partial charge in [0.1, 0.15) is 11.6 Å². The SMILES string of the molecule is CCC[C@@H](O)[C@@H](N)c1c(F)cccc1OC. The van der Waals surface area contributed by atoms with Crippen LogP contribution in [0.2, 0.25) is 0 Å². The van der Waals surface area contributed by atoms with Gasteiger partial charge in [-0.2, -0.15) is 0 Å². The fraction of sp³-hybridized carbons (Fsp3) is 0.500. The van der Waals surface area contributed by atoms with Crippen LogP contribution in [-0.4, -0.2) is 18.3 Å². The summed E-state index contributed by atoms with van der Waals surface area (Å²) < 4.78 is 18.7. The molecule has 16 heavy (non-hydrogen) atoms. The Morgan fingerprint density at radius 1 is 1.50 bits per heavy atom. The van der Waals surface area contributed by atoms with E-state index in [0.717, 1.165) is 6.42 Å². The highest BCUT2D eigenvalue weighted by molar-refractivity contribution is 5.37. The smallest absolute Gasteiger partial charge is 0.131 e. The third-order valence-electron chi connectivity index (χ3n) is 2.57. The second-order valence-electron chi connectivity index (χ2n) is 3.74. The number of halogens is 1. The first-order valence-corrected chi connectivity index (χ1v) is 5.37. The first kappa shape index (κ1) is 12.9. The molecule has 0 radical (unpaired) electrons. The zero-order valence-corrected chi connectivity index (χ0v) is 9.61. The number of methoxy groups -OCH3 is 1. The van der Waals surface area contributed by atoms with Crippen LogP contribution in [0.5, 0.6) is 5.75 Å². The number of aliphatic hydroxyl groups excluding tert-OH is 1. The van der Waals surface area contributed by atoms with E-state index in [0.29, 0.717) is 12.2 Å². The van der Waals surface area contributed by atoms with Crippen molar-refractivity contribution < 1.29 is 14.2 Å². The number of aliphatic hydroxyl groups is 1. The molecule has 0 fully saturated rings. The standard InChI is InChI=1S/C12H18FNO2/c1-3-5-9(15)12(14)11-8(13)6-4-7-10(11)16-2/h4,6-7,9,12,15H,3,5,14H2,1-2H3/t9-,12-/m1/s1. The molecule has 2 atom stereocenters. The van der Waals surface area contributed by atoms with Gasteiger partial charge in [-0.15, -0.1) is 0 Å². The van der Waals surface area contributed by atoms with Gasteiger partial charge in [-0.3, -0.25) is 0 Å². The highest BCUT2D eigenvalue weighted by atomic mass is 19.1. The third kappa shape index (κ3) is 2.71. The van der Waals surface area contributed by atoms with Crippen LogP contribution in [0, 0.1) is 5.82 Å². The molecule has 0 heterocycles. The number of benzene rings is 1. The summed E-state index contributed by atoms with van der Waals surface area (Å²) in [6, 6.07) is 3.75. The Labute approximate surface area is 95.0 Å². The van der Waals surface area contributed by atoms with E-state index in [1.165, 1.54) is 13.2 Å². The van der Waals surface area contributed by atoms with Gasteiger partial charge in [-0.05, 0) is 18.6 Å². The van der Waals surface area contributed by atoms with E-state index in [1.54, 1.807) is 12.1 Å². The molecule has 0 bridgehead atoms. The molecule has 90 valence electrons. The zero-order chi connectivity index (χ0) is 12.1. The van der Waals surface area contributed by atoms with Gasteiger partial charge < -0.3 is 15.6 Å². The molecule has 1 rings (SSSR count). The monoisotopic (exact) mass is 227 g/mol. The topological polar surface area (TPSA) is 55.5 Å². The molecule has 0 unspecified atom stereocenters. The second-order valence-corrected chi connectivity index (χ2v) is 3.74. The Morgan fingerprint density at radius 3 is 2.75 bits per heavy atom. The molecule has 1 aromatic rings. The summed E-state index contributed by atoms with van der Waals surface area (Å²) in [5.74, 6) is -0.0651. The summed E-state index contributed by atoms with van der Waals surface area (Å²) >= 11 is 0. The Bertz CT molecular complexity index is 344. The van der Waals surface area contributed by atoms with Crippen LogP contribution >= 0.6 is 0 Å². The molecule has 0 aliphatic carbocycles. The van der Waals surface area contributed by atoms with Gasteiger partial charge in [0.05, 0.1) is 19.3 Å². The van der Waals surface area contributed by atoms with E-state index in [2.05, 4.69) is 0 Å². The maximum absolute atomic E-state index is 13.6. The van der Waals surface area contributed by atoms with E-state index in [4.69, 9.17) is 10.5 Å². The quantitative estimate of drug-likeness (QED) is 0.808. The van der Waals surface area contributed by atoms with Gasteiger partial charge in [0.2, 0.25) is 0 Å². The molecule has 0 aliphatic rings. The Balaban J connectivity index is 3.01. The van der Waals surface area contributed by atoms with Crippen molar-refractivity contribution >= 4 is 0 Å². The largest absolute Gasteiger partial charge is 0.496 e. The summed E-state index contributed by atoms with van der Waals surface area (Å²) in [5.41, 5.74) is 6.07.